The molecule has 7 heteroatoms. The van der Waals surface area contributed by atoms with Crippen LogP contribution >= 0.6 is 11.3 Å². The first-order valence-corrected chi connectivity index (χ1v) is 7.58. The highest BCUT2D eigenvalue weighted by Gasteiger charge is 2.16. The third-order valence-corrected chi connectivity index (χ3v) is 4.21. The summed E-state index contributed by atoms with van der Waals surface area (Å²) in [7, 11) is 0. The Bertz CT molecular complexity index is 750. The van der Waals surface area contributed by atoms with Crippen LogP contribution in [0.1, 0.15) is 23.3 Å². The molecule has 0 aliphatic carbocycles. The number of aromatic nitrogens is 5. The number of thiazole rings is 1. The van der Waals surface area contributed by atoms with Crippen LogP contribution in [0.15, 0.2) is 5.38 Å². The Morgan fingerprint density at radius 3 is 2.75 bits per heavy atom. The van der Waals surface area contributed by atoms with E-state index in [2.05, 4.69) is 27.4 Å². The number of imidazole rings is 1. The number of rotatable bonds is 4. The molecule has 3 heterocycles. The molecular formula is C13H18N6S. The van der Waals surface area contributed by atoms with Crippen molar-refractivity contribution in [3.05, 3.63) is 21.8 Å². The number of nitrogens with zero attached hydrogens (tertiary/aromatic N) is 5. The zero-order valence-electron chi connectivity index (χ0n) is 11.9. The number of hydrogen-bond donors (Lipinski definition) is 1. The topological polar surface area (TPSA) is 74.6 Å². The van der Waals surface area contributed by atoms with Crippen molar-refractivity contribution in [1.29, 1.82) is 0 Å². The molecule has 0 aliphatic heterocycles. The molecule has 20 heavy (non-hydrogen) atoms. The molecule has 0 spiro atoms. The number of anilines is 1. The van der Waals surface area contributed by atoms with Gasteiger partial charge in [-0.2, -0.15) is 5.10 Å². The fourth-order valence-corrected chi connectivity index (χ4v) is 3.08. The van der Waals surface area contributed by atoms with Gasteiger partial charge in [-0.15, -0.1) is 11.3 Å². The Morgan fingerprint density at radius 1 is 1.30 bits per heavy atom. The van der Waals surface area contributed by atoms with E-state index in [1.54, 1.807) is 11.3 Å². The van der Waals surface area contributed by atoms with Gasteiger partial charge in [0.1, 0.15) is 5.52 Å². The van der Waals surface area contributed by atoms with Crippen molar-refractivity contribution in [2.45, 2.75) is 40.3 Å². The number of fused-ring (bicyclic) bond motifs is 1. The van der Waals surface area contributed by atoms with Crippen LogP contribution in [0.5, 0.6) is 0 Å². The fourth-order valence-electron chi connectivity index (χ4n) is 2.43. The second-order valence-corrected chi connectivity index (χ2v) is 5.87. The minimum atomic E-state index is 0.551. The zero-order chi connectivity index (χ0) is 14.3. The predicted octanol–water partition coefficient (Wildman–Crippen LogP) is 2.15. The van der Waals surface area contributed by atoms with Crippen LogP contribution in [0.25, 0.3) is 11.2 Å². The standard InChI is InChI=1S/C13H18N6S/c1-4-19-12-11(8(2)17-19)16-13(14)18(12)6-5-10-7-20-9(3)15-10/h7H,4-6H2,1-3H3,(H2,14,16). The minimum Gasteiger partial charge on any atom is -0.369 e. The number of nitrogen functional groups attached to an aromatic ring is 1. The molecular weight excluding hydrogens is 272 g/mol. The van der Waals surface area contributed by atoms with Crippen LogP contribution in [0.3, 0.4) is 0 Å². The quantitative estimate of drug-likeness (QED) is 0.799. The van der Waals surface area contributed by atoms with Crippen LogP contribution < -0.4 is 5.73 Å². The van der Waals surface area contributed by atoms with Gasteiger partial charge in [0.2, 0.25) is 5.95 Å². The van der Waals surface area contributed by atoms with Gasteiger partial charge in [0.05, 0.1) is 16.4 Å². The van der Waals surface area contributed by atoms with Crippen LogP contribution in [0, 0.1) is 13.8 Å². The van der Waals surface area contributed by atoms with Gasteiger partial charge in [0.25, 0.3) is 0 Å². The molecule has 0 saturated heterocycles. The monoisotopic (exact) mass is 290 g/mol. The summed E-state index contributed by atoms with van der Waals surface area (Å²) in [5.41, 5.74) is 10.00. The molecule has 0 unspecified atom stereocenters. The predicted molar refractivity (Wildman–Crippen MR) is 80.9 cm³/mol. The summed E-state index contributed by atoms with van der Waals surface area (Å²) in [5.74, 6) is 0.551. The van der Waals surface area contributed by atoms with Crippen LogP contribution in [-0.4, -0.2) is 24.3 Å². The maximum absolute atomic E-state index is 6.05. The lowest BCUT2D eigenvalue weighted by atomic mass is 10.3. The van der Waals surface area contributed by atoms with Gasteiger partial charge in [-0.3, -0.25) is 4.57 Å². The van der Waals surface area contributed by atoms with E-state index in [1.165, 1.54) is 0 Å². The maximum atomic E-state index is 6.05. The largest absolute Gasteiger partial charge is 0.369 e. The zero-order valence-corrected chi connectivity index (χ0v) is 12.7. The summed E-state index contributed by atoms with van der Waals surface area (Å²) in [6.07, 6.45) is 0.855. The molecule has 0 bridgehead atoms. The Hall–Kier alpha value is -1.89. The van der Waals surface area contributed by atoms with Crippen molar-refractivity contribution >= 4 is 28.4 Å². The van der Waals surface area contributed by atoms with Gasteiger partial charge >= 0.3 is 0 Å². The first-order chi connectivity index (χ1) is 9.60. The van der Waals surface area contributed by atoms with Gasteiger partial charge in [0.15, 0.2) is 5.65 Å². The third kappa shape index (κ3) is 2.07. The molecule has 6 nitrogen and oxygen atoms in total. The Morgan fingerprint density at radius 2 is 2.10 bits per heavy atom. The smallest absolute Gasteiger partial charge is 0.202 e. The van der Waals surface area contributed by atoms with E-state index in [4.69, 9.17) is 5.73 Å². The van der Waals surface area contributed by atoms with E-state index in [0.29, 0.717) is 5.95 Å². The lowest BCUT2D eigenvalue weighted by Gasteiger charge is -2.06. The molecule has 106 valence electrons. The molecule has 3 aromatic heterocycles. The van der Waals surface area contributed by atoms with Gasteiger partial charge < -0.3 is 5.73 Å². The van der Waals surface area contributed by atoms with E-state index in [-0.39, 0.29) is 0 Å². The van der Waals surface area contributed by atoms with E-state index in [1.807, 2.05) is 23.1 Å². The summed E-state index contributed by atoms with van der Waals surface area (Å²) in [4.78, 5) is 8.93. The van der Waals surface area contributed by atoms with Crippen molar-refractivity contribution in [3.63, 3.8) is 0 Å². The molecule has 2 N–H and O–H groups in total. The fraction of sp³-hybridized carbons (Fsp3) is 0.462. The van der Waals surface area contributed by atoms with Gasteiger partial charge in [-0.1, -0.05) is 0 Å². The maximum Gasteiger partial charge on any atom is 0.202 e. The van der Waals surface area contributed by atoms with E-state index >= 15 is 0 Å². The Labute approximate surface area is 121 Å². The van der Waals surface area contributed by atoms with Crippen molar-refractivity contribution in [3.8, 4) is 0 Å². The summed E-state index contributed by atoms with van der Waals surface area (Å²) < 4.78 is 3.99. The minimum absolute atomic E-state index is 0.551. The van der Waals surface area contributed by atoms with Crippen molar-refractivity contribution in [2.75, 3.05) is 5.73 Å². The molecule has 0 aromatic carbocycles. The first kappa shape index (κ1) is 13.1. The van der Waals surface area contributed by atoms with Gasteiger partial charge in [0, 0.05) is 24.9 Å². The molecule has 0 atom stereocenters. The molecule has 0 aliphatic rings. The molecule has 3 rings (SSSR count). The Kier molecular flexibility index (Phi) is 3.21. The number of aryl methyl sites for hydroxylation is 5. The summed E-state index contributed by atoms with van der Waals surface area (Å²) in [6, 6.07) is 0. The second kappa shape index (κ2) is 4.90. The second-order valence-electron chi connectivity index (χ2n) is 4.80. The number of nitrogens with two attached hydrogens (primary N) is 1. The highest BCUT2D eigenvalue weighted by atomic mass is 32.1. The van der Waals surface area contributed by atoms with Gasteiger partial charge in [-0.25, -0.2) is 14.6 Å². The SMILES string of the molecule is CCn1nc(C)c2nc(N)n(CCc3csc(C)n3)c21. The lowest BCUT2D eigenvalue weighted by Crippen LogP contribution is -2.10. The van der Waals surface area contributed by atoms with Crippen molar-refractivity contribution in [1.82, 2.24) is 24.3 Å². The summed E-state index contributed by atoms with van der Waals surface area (Å²) in [5, 5.41) is 7.69. The highest BCUT2D eigenvalue weighted by molar-refractivity contribution is 7.09. The van der Waals surface area contributed by atoms with E-state index < -0.39 is 0 Å². The van der Waals surface area contributed by atoms with E-state index in [9.17, 15) is 0 Å². The van der Waals surface area contributed by atoms with Crippen molar-refractivity contribution < 1.29 is 0 Å². The third-order valence-electron chi connectivity index (χ3n) is 3.39. The number of hydrogen-bond acceptors (Lipinski definition) is 5. The highest BCUT2D eigenvalue weighted by Crippen LogP contribution is 2.21. The summed E-state index contributed by atoms with van der Waals surface area (Å²) >= 11 is 1.68. The average molecular weight is 290 g/mol. The molecule has 0 saturated carbocycles. The Balaban J connectivity index is 1.96. The van der Waals surface area contributed by atoms with Crippen molar-refractivity contribution in [2.24, 2.45) is 0 Å². The molecule has 0 fully saturated rings. The van der Waals surface area contributed by atoms with Gasteiger partial charge in [-0.05, 0) is 20.8 Å². The first-order valence-electron chi connectivity index (χ1n) is 6.70. The van der Waals surface area contributed by atoms with Crippen LogP contribution in [-0.2, 0) is 19.5 Å². The van der Waals surface area contributed by atoms with E-state index in [0.717, 1.165) is 47.1 Å². The lowest BCUT2D eigenvalue weighted by molar-refractivity contribution is 0.628. The molecule has 0 amide bonds. The normalized spacial score (nSPS) is 11.6. The average Bonchev–Trinajstić information content (AvgIpc) is 3.05. The molecule has 0 radical (unpaired) electrons. The molecule has 3 aromatic rings. The van der Waals surface area contributed by atoms with Crippen LogP contribution in [0.2, 0.25) is 0 Å². The van der Waals surface area contributed by atoms with Crippen LogP contribution in [0.4, 0.5) is 5.95 Å². The summed E-state index contributed by atoms with van der Waals surface area (Å²) in [6.45, 7) is 7.65.